The fourth-order valence-electron chi connectivity index (χ4n) is 3.40. The van der Waals surface area contributed by atoms with Crippen LogP contribution in [0.15, 0.2) is 29.2 Å². The molecule has 0 atom stereocenters. The number of carbonyl (C=O) groups is 3. The molecular weight excluding hydrogens is 350 g/mol. The Balaban J connectivity index is 1.44. The van der Waals surface area contributed by atoms with Gasteiger partial charge in [0.05, 0.1) is 4.91 Å². The first-order valence-corrected chi connectivity index (χ1v) is 9.97. The predicted molar refractivity (Wildman–Crippen MR) is 102 cm³/mol. The summed E-state index contributed by atoms with van der Waals surface area (Å²) in [5.74, 6) is 0.688. The molecule has 1 N–H and O–H groups in total. The van der Waals surface area contributed by atoms with Crippen LogP contribution >= 0.6 is 11.8 Å². The van der Waals surface area contributed by atoms with Gasteiger partial charge in [-0.2, -0.15) is 0 Å². The topological polar surface area (TPSA) is 72.5 Å². The normalized spacial score (nSPS) is 19.6. The van der Waals surface area contributed by atoms with Gasteiger partial charge >= 0.3 is 5.97 Å². The quantitative estimate of drug-likeness (QED) is 0.446. The largest absolute Gasteiger partial charge is 0.427 e. The summed E-state index contributed by atoms with van der Waals surface area (Å²) in [6.45, 7) is 0. The molecule has 1 aliphatic carbocycles. The maximum atomic E-state index is 12.0. The van der Waals surface area contributed by atoms with E-state index < -0.39 is 0 Å². The monoisotopic (exact) mass is 373 g/mol. The number of imide groups is 1. The highest BCUT2D eigenvalue weighted by atomic mass is 32.2. The summed E-state index contributed by atoms with van der Waals surface area (Å²) in [4.78, 5) is 35.0. The lowest BCUT2D eigenvalue weighted by Gasteiger charge is -2.20. The zero-order valence-electron chi connectivity index (χ0n) is 14.7. The van der Waals surface area contributed by atoms with Gasteiger partial charge in [0.2, 0.25) is 0 Å². The van der Waals surface area contributed by atoms with E-state index in [2.05, 4.69) is 5.32 Å². The Bertz CT molecular complexity index is 705. The van der Waals surface area contributed by atoms with Crippen LogP contribution in [-0.2, 0) is 9.59 Å². The minimum absolute atomic E-state index is 0.205. The van der Waals surface area contributed by atoms with Crippen molar-refractivity contribution in [3.8, 4) is 5.75 Å². The Kier molecular flexibility index (Phi) is 6.50. The predicted octanol–water partition coefficient (Wildman–Crippen LogP) is 4.67. The lowest BCUT2D eigenvalue weighted by atomic mass is 9.86. The molecule has 0 bridgehead atoms. The standard InChI is InChI=1S/C20H23NO4S/c22-18(8-4-7-14-5-2-1-3-6-14)25-16-11-9-15(10-12-16)13-17-19(23)21-20(24)26-17/h9-14H,1-8H2,(H,21,23,24)/b17-13-. The first kappa shape index (κ1) is 18.7. The molecule has 2 fully saturated rings. The number of benzene rings is 1. The van der Waals surface area contributed by atoms with E-state index in [1.165, 1.54) is 32.1 Å². The van der Waals surface area contributed by atoms with E-state index >= 15 is 0 Å². The number of ether oxygens (including phenoxy) is 1. The van der Waals surface area contributed by atoms with Gasteiger partial charge in [-0.05, 0) is 54.3 Å². The van der Waals surface area contributed by atoms with Crippen molar-refractivity contribution < 1.29 is 19.1 Å². The zero-order valence-corrected chi connectivity index (χ0v) is 15.5. The van der Waals surface area contributed by atoms with Gasteiger partial charge < -0.3 is 4.74 Å². The molecule has 1 saturated carbocycles. The molecular formula is C20H23NO4S. The summed E-state index contributed by atoms with van der Waals surface area (Å²) in [6, 6.07) is 6.91. The number of carbonyl (C=O) groups excluding carboxylic acids is 3. The Morgan fingerprint density at radius 3 is 2.54 bits per heavy atom. The molecule has 2 aliphatic rings. The van der Waals surface area contributed by atoms with E-state index in [-0.39, 0.29) is 17.1 Å². The summed E-state index contributed by atoms with van der Waals surface area (Å²) < 4.78 is 5.37. The van der Waals surface area contributed by atoms with Crippen molar-refractivity contribution in [2.75, 3.05) is 0 Å². The smallest absolute Gasteiger partial charge is 0.311 e. The molecule has 0 unspecified atom stereocenters. The highest BCUT2D eigenvalue weighted by molar-refractivity contribution is 8.18. The van der Waals surface area contributed by atoms with E-state index in [9.17, 15) is 14.4 Å². The molecule has 26 heavy (non-hydrogen) atoms. The van der Waals surface area contributed by atoms with Gasteiger partial charge in [0.25, 0.3) is 11.1 Å². The maximum Gasteiger partial charge on any atom is 0.311 e. The summed E-state index contributed by atoms with van der Waals surface area (Å²) >= 11 is 0.880. The number of hydrogen-bond donors (Lipinski definition) is 1. The Hall–Kier alpha value is -2.08. The molecule has 1 aliphatic heterocycles. The van der Waals surface area contributed by atoms with Gasteiger partial charge in [-0.3, -0.25) is 19.7 Å². The van der Waals surface area contributed by atoms with Gasteiger partial charge in [0.1, 0.15) is 5.75 Å². The van der Waals surface area contributed by atoms with Crippen LogP contribution in [0.4, 0.5) is 4.79 Å². The SMILES string of the molecule is O=C(CCCC1CCCCC1)Oc1ccc(/C=C2\SC(=O)NC2=O)cc1. The van der Waals surface area contributed by atoms with Crippen LogP contribution in [0.1, 0.15) is 56.9 Å². The van der Waals surface area contributed by atoms with Crippen molar-refractivity contribution in [3.05, 3.63) is 34.7 Å². The van der Waals surface area contributed by atoms with E-state index in [1.807, 2.05) is 0 Å². The fourth-order valence-corrected chi connectivity index (χ4v) is 4.08. The lowest BCUT2D eigenvalue weighted by molar-refractivity contribution is -0.134. The van der Waals surface area contributed by atoms with Crippen LogP contribution in [0.3, 0.4) is 0 Å². The van der Waals surface area contributed by atoms with Gasteiger partial charge in [-0.25, -0.2) is 0 Å². The summed E-state index contributed by atoms with van der Waals surface area (Å²) in [7, 11) is 0. The van der Waals surface area contributed by atoms with E-state index in [1.54, 1.807) is 30.3 Å². The van der Waals surface area contributed by atoms with Gasteiger partial charge in [-0.1, -0.05) is 44.2 Å². The molecule has 0 aromatic heterocycles. The van der Waals surface area contributed by atoms with Crippen LogP contribution in [0.2, 0.25) is 0 Å². The summed E-state index contributed by atoms with van der Waals surface area (Å²) in [6.07, 6.45) is 10.7. The van der Waals surface area contributed by atoms with Crippen molar-refractivity contribution >= 4 is 35.0 Å². The third-order valence-electron chi connectivity index (χ3n) is 4.77. The van der Waals surface area contributed by atoms with Gasteiger partial charge in [0, 0.05) is 6.42 Å². The molecule has 1 aromatic rings. The van der Waals surface area contributed by atoms with Crippen molar-refractivity contribution in [2.45, 2.75) is 51.4 Å². The first-order chi connectivity index (χ1) is 12.6. The molecule has 5 nitrogen and oxygen atoms in total. The van der Waals surface area contributed by atoms with Crippen molar-refractivity contribution in [1.29, 1.82) is 0 Å². The Morgan fingerprint density at radius 1 is 1.15 bits per heavy atom. The second-order valence-electron chi connectivity index (χ2n) is 6.79. The van der Waals surface area contributed by atoms with Crippen LogP contribution in [-0.4, -0.2) is 17.1 Å². The molecule has 2 amide bonds. The molecule has 6 heteroatoms. The number of thioether (sulfide) groups is 1. The molecule has 138 valence electrons. The number of hydrogen-bond acceptors (Lipinski definition) is 5. The number of esters is 1. The second-order valence-corrected chi connectivity index (χ2v) is 7.81. The minimum atomic E-state index is -0.381. The number of rotatable bonds is 6. The molecule has 1 saturated heterocycles. The van der Waals surface area contributed by atoms with E-state index in [0.29, 0.717) is 17.1 Å². The van der Waals surface area contributed by atoms with Crippen molar-refractivity contribution in [1.82, 2.24) is 5.32 Å². The summed E-state index contributed by atoms with van der Waals surface area (Å²) in [5, 5.41) is 1.85. The maximum absolute atomic E-state index is 12.0. The molecule has 0 spiro atoms. The molecule has 1 aromatic carbocycles. The highest BCUT2D eigenvalue weighted by Crippen LogP contribution is 2.28. The Labute approximate surface area is 157 Å². The van der Waals surface area contributed by atoms with Gasteiger partial charge in [-0.15, -0.1) is 0 Å². The first-order valence-electron chi connectivity index (χ1n) is 9.16. The molecule has 3 rings (SSSR count). The molecule has 1 heterocycles. The molecule has 0 radical (unpaired) electrons. The summed E-state index contributed by atoms with van der Waals surface area (Å²) in [5.41, 5.74) is 0.773. The van der Waals surface area contributed by atoms with Gasteiger partial charge in [0.15, 0.2) is 0 Å². The zero-order chi connectivity index (χ0) is 18.4. The minimum Gasteiger partial charge on any atom is -0.427 e. The van der Waals surface area contributed by atoms with Crippen LogP contribution in [0.25, 0.3) is 6.08 Å². The fraction of sp³-hybridized carbons (Fsp3) is 0.450. The Morgan fingerprint density at radius 2 is 1.88 bits per heavy atom. The highest BCUT2D eigenvalue weighted by Gasteiger charge is 2.24. The number of nitrogens with one attached hydrogen (secondary N) is 1. The number of amides is 2. The van der Waals surface area contributed by atoms with Crippen molar-refractivity contribution in [3.63, 3.8) is 0 Å². The average Bonchev–Trinajstić information content (AvgIpc) is 2.95. The van der Waals surface area contributed by atoms with Crippen LogP contribution in [0, 0.1) is 5.92 Å². The average molecular weight is 373 g/mol. The second kappa shape index (κ2) is 9.03. The van der Waals surface area contributed by atoms with Crippen molar-refractivity contribution in [2.24, 2.45) is 5.92 Å². The van der Waals surface area contributed by atoms with E-state index in [0.717, 1.165) is 36.1 Å². The van der Waals surface area contributed by atoms with Crippen LogP contribution < -0.4 is 10.1 Å². The lowest BCUT2D eigenvalue weighted by Crippen LogP contribution is -2.17. The third-order valence-corrected chi connectivity index (χ3v) is 5.58. The van der Waals surface area contributed by atoms with E-state index in [4.69, 9.17) is 4.74 Å². The van der Waals surface area contributed by atoms with Crippen LogP contribution in [0.5, 0.6) is 5.75 Å². The third kappa shape index (κ3) is 5.46.